The lowest BCUT2D eigenvalue weighted by atomic mass is 10.1. The van der Waals surface area contributed by atoms with Crippen molar-refractivity contribution in [1.82, 2.24) is 14.7 Å². The number of nitrogens with zero attached hydrogens (tertiary/aromatic N) is 5. The molecule has 0 aliphatic carbocycles. The Bertz CT molecular complexity index is 1380. The van der Waals surface area contributed by atoms with Gasteiger partial charge in [-0.2, -0.15) is 10.5 Å². The third-order valence-electron chi connectivity index (χ3n) is 7.92. The summed E-state index contributed by atoms with van der Waals surface area (Å²) in [5.74, 6) is -0.215. The van der Waals surface area contributed by atoms with E-state index in [1.165, 1.54) is 19.3 Å². The molecule has 1 N–H and O–H groups in total. The van der Waals surface area contributed by atoms with Gasteiger partial charge in [-0.1, -0.05) is 47.9 Å². The second kappa shape index (κ2) is 15.2. The third-order valence-corrected chi connectivity index (χ3v) is 7.92. The molecule has 43 heavy (non-hydrogen) atoms. The number of nitriles is 2. The molecule has 2 aromatic rings. The molecule has 9 heteroatoms. The van der Waals surface area contributed by atoms with Crippen LogP contribution in [0.25, 0.3) is 0 Å². The fourth-order valence-electron chi connectivity index (χ4n) is 6.19. The van der Waals surface area contributed by atoms with Gasteiger partial charge in [0.15, 0.2) is 5.57 Å². The third kappa shape index (κ3) is 8.83. The minimum Gasteiger partial charge on any atom is -0.466 e. The molecule has 2 aliphatic heterocycles. The molecule has 2 aliphatic rings. The maximum Gasteiger partial charge on any atom is 0.307 e. The van der Waals surface area contributed by atoms with Gasteiger partial charge in [0.05, 0.1) is 13.0 Å². The van der Waals surface area contributed by atoms with Crippen LogP contribution >= 0.6 is 0 Å². The molecule has 1 atom stereocenters. The number of allylic oxidation sites excluding steroid dienone is 1. The Labute approximate surface area is 255 Å². The van der Waals surface area contributed by atoms with E-state index in [2.05, 4.69) is 34.5 Å². The highest BCUT2D eigenvalue weighted by atomic mass is 16.5. The minimum atomic E-state index is -0.591. The maximum atomic E-state index is 13.4. The van der Waals surface area contributed by atoms with Gasteiger partial charge in [-0.05, 0) is 70.0 Å². The number of rotatable bonds is 11. The number of nitrogens with one attached hydrogen (secondary N) is 1. The highest BCUT2D eigenvalue weighted by molar-refractivity contribution is 5.91. The number of esters is 1. The van der Waals surface area contributed by atoms with Crippen molar-refractivity contribution >= 4 is 17.6 Å². The molecule has 0 saturated carbocycles. The number of likely N-dealkylation sites (tertiary alicyclic amines) is 1. The SMILES string of the molecule is CCOC(=O)CC(CC(=O)Nc1cccc(CN2CCCCC2)c1)N1CCN(Cc2cc(C)cc(C)c2)C1=C(C#N)C#N. The minimum absolute atomic E-state index is 0.000196. The van der Waals surface area contributed by atoms with Crippen molar-refractivity contribution in [3.05, 3.63) is 76.1 Å². The number of benzene rings is 2. The molecule has 0 radical (unpaired) electrons. The summed E-state index contributed by atoms with van der Waals surface area (Å²) in [6, 6.07) is 17.7. The number of piperidine rings is 1. The molecule has 4 rings (SSSR count). The lowest BCUT2D eigenvalue weighted by molar-refractivity contribution is -0.144. The topological polar surface area (TPSA) is 113 Å². The van der Waals surface area contributed by atoms with E-state index in [1.807, 2.05) is 54.0 Å². The van der Waals surface area contributed by atoms with Crippen molar-refractivity contribution in [1.29, 1.82) is 10.5 Å². The van der Waals surface area contributed by atoms with E-state index in [0.717, 1.165) is 41.9 Å². The highest BCUT2D eigenvalue weighted by Gasteiger charge is 2.36. The van der Waals surface area contributed by atoms with Gasteiger partial charge >= 0.3 is 5.97 Å². The van der Waals surface area contributed by atoms with Crippen LogP contribution < -0.4 is 5.32 Å². The van der Waals surface area contributed by atoms with E-state index in [1.54, 1.807) is 6.92 Å². The molecule has 226 valence electrons. The number of carbonyl (C=O) groups is 2. The number of anilines is 1. The molecule has 9 nitrogen and oxygen atoms in total. The zero-order valence-corrected chi connectivity index (χ0v) is 25.6. The second-order valence-corrected chi connectivity index (χ2v) is 11.5. The zero-order valence-electron chi connectivity index (χ0n) is 25.6. The van der Waals surface area contributed by atoms with Crippen LogP contribution in [0.5, 0.6) is 0 Å². The molecule has 0 aromatic heterocycles. The van der Waals surface area contributed by atoms with Crippen molar-refractivity contribution in [2.45, 2.75) is 72.0 Å². The number of hydrogen-bond donors (Lipinski definition) is 1. The molecule has 0 spiro atoms. The predicted octanol–water partition coefficient (Wildman–Crippen LogP) is 5.02. The average molecular weight is 583 g/mol. The van der Waals surface area contributed by atoms with E-state index >= 15 is 0 Å². The molecule has 2 fully saturated rings. The Hall–Kier alpha value is -4.34. The highest BCUT2D eigenvalue weighted by Crippen LogP contribution is 2.30. The quantitative estimate of drug-likeness (QED) is 0.291. The van der Waals surface area contributed by atoms with Crippen LogP contribution in [-0.4, -0.2) is 65.4 Å². The number of aryl methyl sites for hydroxylation is 2. The molecule has 0 bridgehead atoms. The van der Waals surface area contributed by atoms with Crippen LogP contribution in [-0.2, 0) is 27.4 Å². The van der Waals surface area contributed by atoms with Gasteiger partial charge in [0.25, 0.3) is 0 Å². The summed E-state index contributed by atoms with van der Waals surface area (Å²) < 4.78 is 5.26. The summed E-state index contributed by atoms with van der Waals surface area (Å²) >= 11 is 0. The molecule has 2 heterocycles. The first kappa shape index (κ1) is 31.6. The van der Waals surface area contributed by atoms with Crippen molar-refractivity contribution in [3.8, 4) is 12.1 Å². The summed E-state index contributed by atoms with van der Waals surface area (Å²) in [5.41, 5.74) is 5.14. The second-order valence-electron chi connectivity index (χ2n) is 11.5. The summed E-state index contributed by atoms with van der Waals surface area (Å²) in [4.78, 5) is 32.4. The fourth-order valence-corrected chi connectivity index (χ4v) is 6.19. The Morgan fingerprint density at radius 3 is 2.30 bits per heavy atom. The molecule has 2 saturated heterocycles. The van der Waals surface area contributed by atoms with Gasteiger partial charge in [-0.25, -0.2) is 0 Å². The first-order valence-corrected chi connectivity index (χ1v) is 15.2. The van der Waals surface area contributed by atoms with E-state index in [-0.39, 0.29) is 30.9 Å². The van der Waals surface area contributed by atoms with Crippen LogP contribution in [0, 0.1) is 36.5 Å². The molecule has 1 amide bonds. The molecule has 1 unspecified atom stereocenters. The summed E-state index contributed by atoms with van der Waals surface area (Å²) in [7, 11) is 0. The van der Waals surface area contributed by atoms with Crippen molar-refractivity contribution in [2.75, 3.05) is 38.1 Å². The Balaban J connectivity index is 1.54. The van der Waals surface area contributed by atoms with Crippen LogP contribution in [0.15, 0.2) is 53.9 Å². The first-order valence-electron chi connectivity index (χ1n) is 15.2. The molecular formula is C34H42N6O3. The summed E-state index contributed by atoms with van der Waals surface area (Å²) in [6.45, 7) is 10.6. The van der Waals surface area contributed by atoms with Gasteiger partial charge in [0.2, 0.25) is 5.91 Å². The average Bonchev–Trinajstić information content (AvgIpc) is 3.36. The van der Waals surface area contributed by atoms with Gasteiger partial charge in [-0.15, -0.1) is 0 Å². The van der Waals surface area contributed by atoms with E-state index in [9.17, 15) is 20.1 Å². The predicted molar refractivity (Wildman–Crippen MR) is 165 cm³/mol. The van der Waals surface area contributed by atoms with Gasteiger partial charge in [0, 0.05) is 44.3 Å². The van der Waals surface area contributed by atoms with E-state index in [4.69, 9.17) is 4.74 Å². The lowest BCUT2D eigenvalue weighted by Crippen LogP contribution is -2.39. The standard InChI is InChI=1S/C34H42N6O3/c1-4-43-33(42)20-31(19-32(41)37-30-10-8-9-27(18-30)23-38-11-6-5-7-12-38)40-14-13-39(34(40)29(21-35)22-36)24-28-16-25(2)15-26(3)17-28/h8-10,15-18,31H,4-7,11-14,19-20,23-24H2,1-3H3,(H,37,41). The Morgan fingerprint density at radius 2 is 1.63 bits per heavy atom. The number of carbonyl (C=O) groups excluding carboxylic acids is 2. The lowest BCUT2D eigenvalue weighted by Gasteiger charge is -2.31. The summed E-state index contributed by atoms with van der Waals surface area (Å²) in [5, 5.41) is 22.8. The van der Waals surface area contributed by atoms with Crippen molar-refractivity contribution in [2.24, 2.45) is 0 Å². The normalized spacial score (nSPS) is 15.9. The molecule has 2 aromatic carbocycles. The van der Waals surface area contributed by atoms with Crippen LogP contribution in [0.1, 0.15) is 61.3 Å². The van der Waals surface area contributed by atoms with Crippen LogP contribution in [0.3, 0.4) is 0 Å². The monoisotopic (exact) mass is 582 g/mol. The van der Waals surface area contributed by atoms with Crippen molar-refractivity contribution in [3.63, 3.8) is 0 Å². The zero-order chi connectivity index (χ0) is 30.8. The Kier molecular flexibility index (Phi) is 11.2. The molecular weight excluding hydrogens is 540 g/mol. The Morgan fingerprint density at radius 1 is 0.907 bits per heavy atom. The fraction of sp³-hybridized carbons (Fsp3) is 0.471. The maximum absolute atomic E-state index is 13.4. The first-order chi connectivity index (χ1) is 20.8. The van der Waals surface area contributed by atoms with Crippen molar-refractivity contribution < 1.29 is 14.3 Å². The van der Waals surface area contributed by atoms with Crippen LogP contribution in [0.4, 0.5) is 5.69 Å². The number of ether oxygens (including phenoxy) is 1. The smallest absolute Gasteiger partial charge is 0.307 e. The van der Waals surface area contributed by atoms with Gasteiger partial charge in [-0.3, -0.25) is 14.5 Å². The van der Waals surface area contributed by atoms with Crippen LogP contribution in [0.2, 0.25) is 0 Å². The van der Waals surface area contributed by atoms with Gasteiger partial charge < -0.3 is 19.9 Å². The number of amides is 1. The van der Waals surface area contributed by atoms with E-state index in [0.29, 0.717) is 31.1 Å². The van der Waals surface area contributed by atoms with Gasteiger partial charge in [0.1, 0.15) is 18.0 Å². The van der Waals surface area contributed by atoms with E-state index < -0.39 is 12.0 Å². The largest absolute Gasteiger partial charge is 0.466 e. The summed E-state index contributed by atoms with van der Waals surface area (Å²) in [6.07, 6.45) is 3.67. The number of hydrogen-bond acceptors (Lipinski definition) is 8.